The number of aliphatic hydroxyl groups excluding tert-OH is 1. The molecule has 2 amide bonds. The lowest BCUT2D eigenvalue weighted by Gasteiger charge is -2.35. The average molecular weight is 459 g/mol. The first kappa shape index (κ1) is 24.8. The summed E-state index contributed by atoms with van der Waals surface area (Å²) in [6.45, 7) is 9.63. The zero-order chi connectivity index (χ0) is 23.8. The molecule has 0 saturated carbocycles. The zero-order valence-corrected chi connectivity index (χ0v) is 19.8. The summed E-state index contributed by atoms with van der Waals surface area (Å²) in [6.07, 6.45) is 0. The molecule has 3 rings (SSSR count). The normalized spacial score (nSPS) is 14.3. The maximum atomic E-state index is 14.3. The van der Waals surface area contributed by atoms with Gasteiger partial charge in [-0.3, -0.25) is 9.80 Å². The number of carbonyl (C=O) groups excluding carboxylic acids is 1. The maximum Gasteiger partial charge on any atom is 0.324 e. The van der Waals surface area contributed by atoms with Crippen molar-refractivity contribution >= 4 is 17.4 Å². The smallest absolute Gasteiger partial charge is 0.324 e. The first-order valence-corrected chi connectivity index (χ1v) is 11.6. The lowest BCUT2D eigenvalue weighted by atomic mass is 10.2. The van der Waals surface area contributed by atoms with Gasteiger partial charge in [-0.25, -0.2) is 9.18 Å². The standard InChI is InChI=1S/C25H35FN4O3/c1-4-29(5-2)25(32)27(3)22-8-6-20(7-9-22)19-33-24-17-21(26)16-23(18-24)30-12-10-28(11-13-30)14-15-31/h6-9,16-18,31H,4-5,10-15,19H2,1-3H3. The summed E-state index contributed by atoms with van der Waals surface area (Å²) in [5.74, 6) is 0.160. The molecular weight excluding hydrogens is 423 g/mol. The third-order valence-electron chi connectivity index (χ3n) is 6.06. The monoisotopic (exact) mass is 458 g/mol. The van der Waals surface area contributed by atoms with Gasteiger partial charge in [0.1, 0.15) is 18.2 Å². The summed E-state index contributed by atoms with van der Waals surface area (Å²) in [5, 5.41) is 9.10. The van der Waals surface area contributed by atoms with Crippen molar-refractivity contribution in [1.29, 1.82) is 0 Å². The van der Waals surface area contributed by atoms with Gasteiger partial charge in [0, 0.05) is 76.4 Å². The molecule has 1 heterocycles. The van der Waals surface area contributed by atoms with Crippen LogP contribution in [0.25, 0.3) is 0 Å². The van der Waals surface area contributed by atoms with Crippen LogP contribution in [0.1, 0.15) is 19.4 Å². The summed E-state index contributed by atoms with van der Waals surface area (Å²) in [6, 6.07) is 12.4. The lowest BCUT2D eigenvalue weighted by Crippen LogP contribution is -2.47. The van der Waals surface area contributed by atoms with Crippen LogP contribution in [-0.2, 0) is 6.61 Å². The molecule has 33 heavy (non-hydrogen) atoms. The minimum absolute atomic E-state index is 0.0338. The number of hydrogen-bond acceptors (Lipinski definition) is 5. The summed E-state index contributed by atoms with van der Waals surface area (Å²) in [7, 11) is 1.77. The fraction of sp³-hybridized carbons (Fsp3) is 0.480. The Labute approximate surface area is 196 Å². The highest BCUT2D eigenvalue weighted by Crippen LogP contribution is 2.26. The van der Waals surface area contributed by atoms with Gasteiger partial charge >= 0.3 is 6.03 Å². The average Bonchev–Trinajstić information content (AvgIpc) is 2.83. The number of halogens is 1. The highest BCUT2D eigenvalue weighted by atomic mass is 19.1. The SMILES string of the molecule is CCN(CC)C(=O)N(C)c1ccc(COc2cc(F)cc(N3CCN(CCO)CC3)c2)cc1. The molecule has 0 aliphatic carbocycles. The van der Waals surface area contributed by atoms with E-state index in [-0.39, 0.29) is 18.5 Å². The van der Waals surface area contributed by atoms with Crippen LogP contribution in [0.15, 0.2) is 42.5 Å². The Morgan fingerprint density at radius 2 is 1.73 bits per heavy atom. The second-order valence-electron chi connectivity index (χ2n) is 8.17. The van der Waals surface area contributed by atoms with Crippen molar-refractivity contribution in [2.24, 2.45) is 0 Å². The minimum Gasteiger partial charge on any atom is -0.489 e. The van der Waals surface area contributed by atoms with Crippen LogP contribution in [0, 0.1) is 5.82 Å². The van der Waals surface area contributed by atoms with Crippen LogP contribution in [0.2, 0.25) is 0 Å². The number of rotatable bonds is 9. The van der Waals surface area contributed by atoms with E-state index in [9.17, 15) is 9.18 Å². The van der Waals surface area contributed by atoms with Gasteiger partial charge in [0.25, 0.3) is 0 Å². The predicted octanol–water partition coefficient (Wildman–Crippen LogP) is 3.42. The molecule has 2 aromatic carbocycles. The van der Waals surface area contributed by atoms with E-state index in [0.717, 1.165) is 43.1 Å². The molecule has 1 N–H and O–H groups in total. The van der Waals surface area contributed by atoms with Gasteiger partial charge in [0.2, 0.25) is 0 Å². The van der Waals surface area contributed by atoms with Crippen LogP contribution in [0.3, 0.4) is 0 Å². The number of aliphatic hydroxyl groups is 1. The van der Waals surface area contributed by atoms with Crippen LogP contribution < -0.4 is 14.5 Å². The number of piperazine rings is 1. The van der Waals surface area contributed by atoms with E-state index in [1.54, 1.807) is 16.8 Å². The van der Waals surface area contributed by atoms with Crippen molar-refractivity contribution in [2.45, 2.75) is 20.5 Å². The van der Waals surface area contributed by atoms with Crippen molar-refractivity contribution in [1.82, 2.24) is 9.80 Å². The maximum absolute atomic E-state index is 14.3. The van der Waals surface area contributed by atoms with E-state index < -0.39 is 0 Å². The predicted molar refractivity (Wildman–Crippen MR) is 130 cm³/mol. The number of urea groups is 1. The Balaban J connectivity index is 1.59. The Kier molecular flexibility index (Phi) is 8.91. The minimum atomic E-state index is -0.327. The number of ether oxygens (including phenoxy) is 1. The topological polar surface area (TPSA) is 59.5 Å². The first-order chi connectivity index (χ1) is 15.9. The largest absolute Gasteiger partial charge is 0.489 e. The van der Waals surface area contributed by atoms with E-state index in [4.69, 9.17) is 9.84 Å². The molecule has 8 heteroatoms. The van der Waals surface area contributed by atoms with Crippen LogP contribution in [-0.4, -0.2) is 80.4 Å². The highest BCUT2D eigenvalue weighted by Gasteiger charge is 2.18. The Hall–Kier alpha value is -2.84. The van der Waals surface area contributed by atoms with Crippen molar-refractivity contribution in [3.05, 3.63) is 53.8 Å². The fourth-order valence-corrected chi connectivity index (χ4v) is 3.98. The third-order valence-corrected chi connectivity index (χ3v) is 6.06. The van der Waals surface area contributed by atoms with Crippen molar-refractivity contribution in [3.8, 4) is 5.75 Å². The highest BCUT2D eigenvalue weighted by molar-refractivity contribution is 5.91. The van der Waals surface area contributed by atoms with Gasteiger partial charge in [-0.05, 0) is 37.6 Å². The van der Waals surface area contributed by atoms with Gasteiger partial charge in [-0.15, -0.1) is 0 Å². The van der Waals surface area contributed by atoms with Crippen LogP contribution in [0.4, 0.5) is 20.6 Å². The van der Waals surface area contributed by atoms with Gasteiger partial charge in [0.05, 0.1) is 6.61 Å². The van der Waals surface area contributed by atoms with E-state index in [1.807, 2.05) is 44.2 Å². The molecule has 0 atom stereocenters. The van der Waals surface area contributed by atoms with Crippen LogP contribution >= 0.6 is 0 Å². The molecule has 1 aliphatic rings. The molecular formula is C25H35FN4O3. The summed E-state index contributed by atoms with van der Waals surface area (Å²) in [4.78, 5) is 20.3. The summed E-state index contributed by atoms with van der Waals surface area (Å²) < 4.78 is 20.1. The number of carbonyl (C=O) groups is 1. The molecule has 0 radical (unpaired) electrons. The molecule has 7 nitrogen and oxygen atoms in total. The molecule has 2 aromatic rings. The van der Waals surface area contributed by atoms with Crippen LogP contribution in [0.5, 0.6) is 5.75 Å². The Bertz CT molecular complexity index is 897. The molecule has 0 unspecified atom stereocenters. The number of nitrogens with zero attached hydrogens (tertiary/aromatic N) is 4. The second-order valence-corrected chi connectivity index (χ2v) is 8.17. The zero-order valence-electron chi connectivity index (χ0n) is 19.8. The quantitative estimate of drug-likeness (QED) is 0.624. The van der Waals surface area contributed by atoms with Crippen molar-refractivity contribution in [2.75, 3.05) is 69.3 Å². The molecule has 0 bridgehead atoms. The van der Waals surface area contributed by atoms with Gasteiger partial charge in [-0.2, -0.15) is 0 Å². The van der Waals surface area contributed by atoms with Gasteiger partial charge in [0.15, 0.2) is 0 Å². The first-order valence-electron chi connectivity index (χ1n) is 11.6. The van der Waals surface area contributed by atoms with E-state index in [2.05, 4.69) is 9.80 Å². The number of amides is 2. The molecule has 1 fully saturated rings. The van der Waals surface area contributed by atoms with Crippen molar-refractivity contribution < 1.29 is 19.0 Å². The fourth-order valence-electron chi connectivity index (χ4n) is 3.98. The number of benzene rings is 2. The molecule has 0 aromatic heterocycles. The van der Waals surface area contributed by atoms with E-state index in [1.165, 1.54) is 12.1 Å². The molecule has 0 spiro atoms. The molecule has 1 aliphatic heterocycles. The van der Waals surface area contributed by atoms with Crippen molar-refractivity contribution in [3.63, 3.8) is 0 Å². The third kappa shape index (κ3) is 6.58. The van der Waals surface area contributed by atoms with Gasteiger partial charge < -0.3 is 19.6 Å². The molecule has 1 saturated heterocycles. The van der Waals surface area contributed by atoms with E-state index in [0.29, 0.717) is 32.0 Å². The number of anilines is 2. The summed E-state index contributed by atoms with van der Waals surface area (Å²) in [5.41, 5.74) is 2.55. The van der Waals surface area contributed by atoms with E-state index >= 15 is 0 Å². The number of hydrogen-bond donors (Lipinski definition) is 1. The molecule has 180 valence electrons. The Morgan fingerprint density at radius 3 is 2.33 bits per heavy atom. The lowest BCUT2D eigenvalue weighted by molar-refractivity contribution is 0.188. The second kappa shape index (κ2) is 11.9. The Morgan fingerprint density at radius 1 is 1.06 bits per heavy atom. The van der Waals surface area contributed by atoms with Gasteiger partial charge in [-0.1, -0.05) is 12.1 Å². The number of β-amino-alcohol motifs (C(OH)–C–C–N with tert-alkyl or cyclic N) is 1. The summed E-state index contributed by atoms with van der Waals surface area (Å²) >= 11 is 0.